The Morgan fingerprint density at radius 1 is 1.10 bits per heavy atom. The minimum Gasteiger partial charge on any atom is -0.325 e. The van der Waals surface area contributed by atoms with E-state index in [0.717, 1.165) is 28.2 Å². The summed E-state index contributed by atoms with van der Waals surface area (Å²) in [7, 11) is 0. The molecule has 1 amide bonds. The highest BCUT2D eigenvalue weighted by Gasteiger charge is 2.14. The van der Waals surface area contributed by atoms with Gasteiger partial charge in [0.25, 0.3) is 0 Å². The lowest BCUT2D eigenvalue weighted by Gasteiger charge is -2.09. The maximum absolute atomic E-state index is 12.4. The fraction of sp³-hybridized carbons (Fsp3) is 0.292. The average molecular weight is 453 g/mol. The van der Waals surface area contributed by atoms with E-state index >= 15 is 0 Å². The number of nitrogens with one attached hydrogen (secondary N) is 1. The summed E-state index contributed by atoms with van der Waals surface area (Å²) in [5, 5.41) is 12.3. The van der Waals surface area contributed by atoms with Gasteiger partial charge >= 0.3 is 0 Å². The molecule has 2 aromatic carbocycles. The second-order valence-electron chi connectivity index (χ2n) is 7.39. The number of benzene rings is 2. The zero-order chi connectivity index (χ0) is 22.1. The summed E-state index contributed by atoms with van der Waals surface area (Å²) in [5.41, 5.74) is 3.35. The summed E-state index contributed by atoms with van der Waals surface area (Å²) in [4.78, 5) is 12.4. The minimum atomic E-state index is -0.0598. The van der Waals surface area contributed by atoms with Crippen molar-refractivity contribution in [2.75, 3.05) is 11.1 Å². The first-order valence-corrected chi connectivity index (χ1v) is 12.4. The Labute approximate surface area is 192 Å². The van der Waals surface area contributed by atoms with Gasteiger partial charge in [0.1, 0.15) is 5.82 Å². The first-order chi connectivity index (χ1) is 15.1. The van der Waals surface area contributed by atoms with Crippen molar-refractivity contribution < 1.29 is 4.79 Å². The van der Waals surface area contributed by atoms with Gasteiger partial charge in [-0.25, -0.2) is 0 Å². The highest BCUT2D eigenvalue weighted by atomic mass is 32.2. The molecule has 1 N–H and O–H groups in total. The fourth-order valence-corrected chi connectivity index (χ4v) is 4.65. The van der Waals surface area contributed by atoms with E-state index in [-0.39, 0.29) is 11.7 Å². The molecule has 3 aromatic rings. The lowest BCUT2D eigenvalue weighted by Crippen LogP contribution is -2.14. The Morgan fingerprint density at radius 2 is 1.84 bits per heavy atom. The maximum atomic E-state index is 12.4. The monoisotopic (exact) mass is 452 g/mol. The van der Waals surface area contributed by atoms with Gasteiger partial charge in [-0.2, -0.15) is 0 Å². The van der Waals surface area contributed by atoms with Crippen molar-refractivity contribution in [1.82, 2.24) is 14.8 Å². The zero-order valence-corrected chi connectivity index (χ0v) is 19.6. The lowest BCUT2D eigenvalue weighted by atomic mass is 10.0. The quantitative estimate of drug-likeness (QED) is 0.296. The summed E-state index contributed by atoms with van der Waals surface area (Å²) in [6, 6.07) is 18.4. The highest BCUT2D eigenvalue weighted by Crippen LogP contribution is 2.23. The van der Waals surface area contributed by atoms with E-state index in [4.69, 9.17) is 0 Å². The summed E-state index contributed by atoms with van der Waals surface area (Å²) < 4.78 is 2.03. The number of hydrogen-bond acceptors (Lipinski definition) is 5. The molecule has 0 fully saturated rings. The van der Waals surface area contributed by atoms with Gasteiger partial charge in [0, 0.05) is 18.0 Å². The van der Waals surface area contributed by atoms with Crippen molar-refractivity contribution in [2.24, 2.45) is 0 Å². The molecule has 0 saturated heterocycles. The fourth-order valence-electron chi connectivity index (χ4n) is 2.96. The van der Waals surface area contributed by atoms with Crippen LogP contribution >= 0.6 is 23.5 Å². The van der Waals surface area contributed by atoms with Crippen LogP contribution in [0, 0.1) is 0 Å². The predicted molar refractivity (Wildman–Crippen MR) is 132 cm³/mol. The highest BCUT2D eigenvalue weighted by molar-refractivity contribution is 7.99. The molecule has 0 aliphatic rings. The molecule has 0 spiro atoms. The number of anilines is 1. The van der Waals surface area contributed by atoms with Gasteiger partial charge in [-0.05, 0) is 29.2 Å². The van der Waals surface area contributed by atoms with Crippen molar-refractivity contribution in [1.29, 1.82) is 0 Å². The van der Waals surface area contributed by atoms with E-state index in [1.807, 2.05) is 41.0 Å². The summed E-state index contributed by atoms with van der Waals surface area (Å²) in [6.45, 7) is 8.77. The number of rotatable bonds is 11. The predicted octanol–water partition coefficient (Wildman–Crippen LogP) is 5.75. The Balaban J connectivity index is 1.54. The largest absolute Gasteiger partial charge is 0.325 e. The molecule has 0 aliphatic carbocycles. The van der Waals surface area contributed by atoms with Crippen LogP contribution in [0.15, 0.2) is 72.4 Å². The molecule has 7 heteroatoms. The number of amides is 1. The molecule has 1 heterocycles. The van der Waals surface area contributed by atoms with E-state index in [9.17, 15) is 4.79 Å². The number of aromatic nitrogens is 3. The molecule has 0 unspecified atom stereocenters. The molecule has 0 aliphatic heterocycles. The third-order valence-corrected chi connectivity index (χ3v) is 6.61. The van der Waals surface area contributed by atoms with E-state index in [0.29, 0.717) is 12.5 Å². The van der Waals surface area contributed by atoms with Gasteiger partial charge in [0.2, 0.25) is 5.91 Å². The SMILES string of the molecule is C=CCn1c(CSCc2ccccc2)nnc1SCC(=O)Nc1ccc(C(C)C)cc1. The Hall–Kier alpha value is -2.51. The van der Waals surface area contributed by atoms with Crippen LogP contribution in [0.25, 0.3) is 0 Å². The zero-order valence-electron chi connectivity index (χ0n) is 18.0. The Morgan fingerprint density at radius 3 is 2.52 bits per heavy atom. The third kappa shape index (κ3) is 7.01. The van der Waals surface area contributed by atoms with Gasteiger partial charge in [-0.3, -0.25) is 4.79 Å². The van der Waals surface area contributed by atoms with Crippen LogP contribution in [0.3, 0.4) is 0 Å². The molecule has 3 rings (SSSR count). The van der Waals surface area contributed by atoms with E-state index in [2.05, 4.69) is 60.2 Å². The molecule has 0 radical (unpaired) electrons. The smallest absolute Gasteiger partial charge is 0.234 e. The molecule has 162 valence electrons. The lowest BCUT2D eigenvalue weighted by molar-refractivity contribution is -0.113. The summed E-state index contributed by atoms with van der Waals surface area (Å²) in [6.07, 6.45) is 1.83. The van der Waals surface area contributed by atoms with Crippen molar-refractivity contribution in [3.8, 4) is 0 Å². The van der Waals surface area contributed by atoms with E-state index in [1.54, 1.807) is 11.8 Å². The van der Waals surface area contributed by atoms with Gasteiger partial charge < -0.3 is 9.88 Å². The van der Waals surface area contributed by atoms with Crippen LogP contribution < -0.4 is 5.32 Å². The van der Waals surface area contributed by atoms with E-state index < -0.39 is 0 Å². The maximum Gasteiger partial charge on any atom is 0.234 e. The molecule has 0 saturated carbocycles. The first kappa shape index (κ1) is 23.2. The molecule has 0 bridgehead atoms. The number of nitrogens with zero attached hydrogens (tertiary/aromatic N) is 3. The van der Waals surface area contributed by atoms with Gasteiger partial charge in [0.05, 0.1) is 11.5 Å². The van der Waals surface area contributed by atoms with Crippen LogP contribution in [-0.4, -0.2) is 26.4 Å². The number of thioether (sulfide) groups is 2. The number of hydrogen-bond donors (Lipinski definition) is 1. The van der Waals surface area contributed by atoms with Crippen LogP contribution in [0.5, 0.6) is 0 Å². The van der Waals surface area contributed by atoms with E-state index in [1.165, 1.54) is 22.9 Å². The molecule has 5 nitrogen and oxygen atoms in total. The molecule has 31 heavy (non-hydrogen) atoms. The number of carbonyl (C=O) groups is 1. The van der Waals surface area contributed by atoms with Crippen LogP contribution in [0.2, 0.25) is 0 Å². The molecule has 1 aromatic heterocycles. The molecular weight excluding hydrogens is 424 g/mol. The Kier molecular flexibility index (Phi) is 8.79. The third-order valence-electron chi connectivity index (χ3n) is 4.64. The summed E-state index contributed by atoms with van der Waals surface area (Å²) >= 11 is 3.19. The van der Waals surface area contributed by atoms with Crippen molar-refractivity contribution in [3.05, 3.63) is 84.2 Å². The molecule has 0 atom stereocenters. The Bertz CT molecular complexity index is 985. The normalized spacial score (nSPS) is 10.9. The van der Waals surface area contributed by atoms with Crippen molar-refractivity contribution in [3.63, 3.8) is 0 Å². The van der Waals surface area contributed by atoms with Gasteiger partial charge in [-0.1, -0.05) is 74.1 Å². The standard InChI is InChI=1S/C24H28N4OS2/c1-4-14-28-22(16-30-15-19-8-6-5-7-9-19)26-27-24(28)31-17-23(29)25-21-12-10-20(11-13-21)18(2)3/h4-13,18H,1,14-17H2,2-3H3,(H,25,29). The number of allylic oxidation sites excluding steroid dienone is 1. The first-order valence-electron chi connectivity index (χ1n) is 10.2. The number of carbonyl (C=O) groups excluding carboxylic acids is 1. The van der Waals surface area contributed by atoms with Gasteiger partial charge in [-0.15, -0.1) is 28.5 Å². The second-order valence-corrected chi connectivity index (χ2v) is 9.32. The van der Waals surface area contributed by atoms with Crippen LogP contribution in [0.1, 0.15) is 36.7 Å². The second kappa shape index (κ2) is 11.8. The topological polar surface area (TPSA) is 59.8 Å². The van der Waals surface area contributed by atoms with Crippen molar-refractivity contribution >= 4 is 35.1 Å². The minimum absolute atomic E-state index is 0.0598. The summed E-state index contributed by atoms with van der Waals surface area (Å²) in [5.74, 6) is 3.26. The van der Waals surface area contributed by atoms with Gasteiger partial charge in [0.15, 0.2) is 5.16 Å². The average Bonchev–Trinajstić information content (AvgIpc) is 3.15. The molecular formula is C24H28N4OS2. The van der Waals surface area contributed by atoms with Crippen molar-refractivity contribution in [2.45, 2.75) is 43.0 Å². The van der Waals surface area contributed by atoms with Crippen LogP contribution in [0.4, 0.5) is 5.69 Å². The van der Waals surface area contributed by atoms with Crippen LogP contribution in [-0.2, 0) is 22.8 Å².